The summed E-state index contributed by atoms with van der Waals surface area (Å²) in [5.41, 5.74) is 1.76. The molecule has 11 nitrogen and oxygen atoms in total. The van der Waals surface area contributed by atoms with Crippen LogP contribution in [0, 0.1) is 0 Å². The fraction of sp³-hybridized carbons (Fsp3) is 0.222. The van der Waals surface area contributed by atoms with E-state index in [1.54, 1.807) is 0 Å². The van der Waals surface area contributed by atoms with E-state index in [4.69, 9.17) is 4.74 Å². The van der Waals surface area contributed by atoms with Crippen LogP contribution < -0.4 is 26.0 Å². The molecule has 11 heteroatoms. The van der Waals surface area contributed by atoms with Crippen molar-refractivity contribution in [1.29, 1.82) is 0 Å². The van der Waals surface area contributed by atoms with Crippen molar-refractivity contribution in [3.8, 4) is 5.75 Å². The van der Waals surface area contributed by atoms with Gasteiger partial charge in [-0.1, -0.05) is 135 Å². The average Bonchev–Trinajstić information content (AvgIpc) is 3.34. The first-order valence-corrected chi connectivity index (χ1v) is 22.2. The van der Waals surface area contributed by atoms with Gasteiger partial charge in [-0.2, -0.15) is 0 Å². The van der Waals surface area contributed by atoms with Gasteiger partial charge in [0, 0.05) is 24.2 Å². The van der Waals surface area contributed by atoms with Crippen LogP contribution >= 0.6 is 0 Å². The van der Waals surface area contributed by atoms with E-state index in [1.807, 2.05) is 48.5 Å². The van der Waals surface area contributed by atoms with Crippen molar-refractivity contribution < 1.29 is 34.1 Å². The van der Waals surface area contributed by atoms with E-state index in [0.717, 1.165) is 101 Å². The summed E-state index contributed by atoms with van der Waals surface area (Å²) < 4.78 is 6.00. The van der Waals surface area contributed by atoms with Gasteiger partial charge in [-0.15, -0.1) is 0 Å². The number of ether oxygens (including phenoxy) is 1. The largest absolute Gasteiger partial charge is 0.494 e. The highest BCUT2D eigenvalue weighted by Crippen LogP contribution is 2.37. The van der Waals surface area contributed by atoms with Crippen LogP contribution in [0.15, 0.2) is 127 Å². The molecule has 0 aliphatic carbocycles. The molecule has 0 aliphatic rings. The van der Waals surface area contributed by atoms with Crippen molar-refractivity contribution in [3.63, 3.8) is 0 Å². The Balaban J connectivity index is 0.886. The normalized spacial score (nSPS) is 12.6. The highest BCUT2D eigenvalue weighted by molar-refractivity contribution is 6.24. The number of nitrogens with one attached hydrogen (secondary N) is 4. The molecule has 0 bridgehead atoms. The number of hydrogen-bond donors (Lipinski definition) is 6. The van der Waals surface area contributed by atoms with Gasteiger partial charge in [-0.05, 0) is 100 Å². The summed E-state index contributed by atoms with van der Waals surface area (Å²) in [6, 6.07) is 38.6. The predicted octanol–water partition coefficient (Wildman–Crippen LogP) is 8.25. The standard InChI is InChI=1S/C54H50N4O7/c1-2-3-4-5-24-65-42-26-40(51(61)57-45(30-59)53(63)55-28-38-18-16-36-14-12-32-8-6-10-34-20-22-43(38)49(36)47(32)34)25-41(27-42)52(62)58-46(31-60)54(64)56-29-39-19-17-37-15-13-33-9-7-11-35-21-23-44(39)50(37)48(33)35/h6-23,25-27,45-46,59-60H,2-5,24,28-31H2,1H3,(H,55,63)(H,56,64)(H,57,61)(H,58,62)/t45-,46-/m0/s1. The van der Waals surface area contributed by atoms with Crippen LogP contribution in [-0.4, -0.2) is 65.7 Å². The number of amides is 4. The van der Waals surface area contributed by atoms with Gasteiger partial charge in [-0.25, -0.2) is 0 Å². The number of hydrogen-bond acceptors (Lipinski definition) is 7. The van der Waals surface area contributed by atoms with Gasteiger partial charge in [-0.3, -0.25) is 19.2 Å². The first-order valence-electron chi connectivity index (χ1n) is 22.2. The third kappa shape index (κ3) is 8.68. The van der Waals surface area contributed by atoms with Gasteiger partial charge < -0.3 is 36.2 Å². The maximum absolute atomic E-state index is 13.8. The zero-order valence-corrected chi connectivity index (χ0v) is 36.1. The molecular formula is C54H50N4O7. The second kappa shape index (κ2) is 18.8. The van der Waals surface area contributed by atoms with Crippen LogP contribution in [0.2, 0.25) is 0 Å². The summed E-state index contributed by atoms with van der Waals surface area (Å²) in [6.45, 7) is 1.39. The lowest BCUT2D eigenvalue weighted by Gasteiger charge is -2.19. The monoisotopic (exact) mass is 866 g/mol. The molecule has 4 amide bonds. The molecule has 328 valence electrons. The van der Waals surface area contributed by atoms with Crippen molar-refractivity contribution in [2.24, 2.45) is 0 Å². The van der Waals surface area contributed by atoms with Crippen LogP contribution in [0.25, 0.3) is 64.6 Å². The van der Waals surface area contributed by atoms with Crippen molar-refractivity contribution in [2.45, 2.75) is 57.8 Å². The Kier molecular flexibility index (Phi) is 12.4. The summed E-state index contributed by atoms with van der Waals surface area (Å²) in [5.74, 6) is -2.40. The van der Waals surface area contributed by atoms with Gasteiger partial charge in [0.15, 0.2) is 0 Å². The number of unbranched alkanes of at least 4 members (excludes halogenated alkanes) is 3. The quantitative estimate of drug-likeness (QED) is 0.0373. The second-order valence-corrected chi connectivity index (χ2v) is 16.7. The Labute approximate surface area is 375 Å². The van der Waals surface area contributed by atoms with Crippen LogP contribution in [0.3, 0.4) is 0 Å². The first kappa shape index (κ1) is 42.9. The molecule has 0 radical (unpaired) electrons. The number of carbonyl (C=O) groups excluding carboxylic acids is 4. The van der Waals surface area contributed by atoms with Crippen molar-refractivity contribution in [3.05, 3.63) is 150 Å². The Morgan fingerprint density at radius 2 is 0.923 bits per heavy atom. The van der Waals surface area contributed by atoms with Gasteiger partial charge in [0.05, 0.1) is 19.8 Å². The third-order valence-corrected chi connectivity index (χ3v) is 12.5. The molecule has 0 saturated heterocycles. The molecule has 0 unspecified atom stereocenters. The van der Waals surface area contributed by atoms with Crippen molar-refractivity contribution >= 4 is 88.3 Å². The topological polar surface area (TPSA) is 166 Å². The molecule has 0 aliphatic heterocycles. The van der Waals surface area contributed by atoms with Gasteiger partial charge in [0.1, 0.15) is 17.8 Å². The van der Waals surface area contributed by atoms with E-state index >= 15 is 0 Å². The fourth-order valence-corrected chi connectivity index (χ4v) is 9.05. The highest BCUT2D eigenvalue weighted by atomic mass is 16.5. The highest BCUT2D eigenvalue weighted by Gasteiger charge is 2.25. The van der Waals surface area contributed by atoms with E-state index in [-0.39, 0.29) is 30.0 Å². The van der Waals surface area contributed by atoms with Crippen LogP contribution in [0.5, 0.6) is 5.75 Å². The molecular weight excluding hydrogens is 817 g/mol. The molecule has 9 aromatic carbocycles. The summed E-state index contributed by atoms with van der Waals surface area (Å²) in [4.78, 5) is 54.7. The van der Waals surface area contributed by atoms with Crippen LogP contribution in [0.1, 0.15) is 64.4 Å². The van der Waals surface area contributed by atoms with Crippen molar-refractivity contribution in [1.82, 2.24) is 21.3 Å². The molecule has 0 spiro atoms. The van der Waals surface area contributed by atoms with Gasteiger partial charge in [0.2, 0.25) is 11.8 Å². The Morgan fingerprint density at radius 3 is 1.35 bits per heavy atom. The number of rotatable bonds is 18. The number of aliphatic hydroxyl groups excluding tert-OH is 2. The van der Waals surface area contributed by atoms with E-state index in [9.17, 15) is 29.4 Å². The Morgan fingerprint density at radius 1 is 0.508 bits per heavy atom. The molecule has 9 rings (SSSR count). The Bertz CT molecular complexity index is 2980. The van der Waals surface area contributed by atoms with Gasteiger partial charge in [0.25, 0.3) is 11.8 Å². The summed E-state index contributed by atoms with van der Waals surface area (Å²) in [6.07, 6.45) is 3.76. The minimum absolute atomic E-state index is 0.00163. The second-order valence-electron chi connectivity index (χ2n) is 16.7. The van der Waals surface area contributed by atoms with E-state index in [2.05, 4.69) is 88.9 Å². The van der Waals surface area contributed by atoms with E-state index in [0.29, 0.717) is 6.61 Å². The zero-order valence-electron chi connectivity index (χ0n) is 36.1. The molecule has 0 heterocycles. The minimum atomic E-state index is -1.31. The molecule has 0 saturated carbocycles. The first-order chi connectivity index (χ1) is 31.7. The molecule has 0 fully saturated rings. The number of benzene rings is 9. The lowest BCUT2D eigenvalue weighted by atomic mass is 9.92. The average molecular weight is 867 g/mol. The smallest absolute Gasteiger partial charge is 0.252 e. The van der Waals surface area contributed by atoms with Gasteiger partial charge >= 0.3 is 0 Å². The zero-order chi connectivity index (χ0) is 45.0. The predicted molar refractivity (Wildman–Crippen MR) is 257 cm³/mol. The molecule has 2 atom stereocenters. The maximum atomic E-state index is 13.8. The van der Waals surface area contributed by atoms with Crippen LogP contribution in [-0.2, 0) is 22.7 Å². The maximum Gasteiger partial charge on any atom is 0.252 e. The molecule has 65 heavy (non-hydrogen) atoms. The van der Waals surface area contributed by atoms with Crippen molar-refractivity contribution in [2.75, 3.05) is 19.8 Å². The van der Waals surface area contributed by atoms with Crippen LogP contribution in [0.4, 0.5) is 0 Å². The fourth-order valence-electron chi connectivity index (χ4n) is 9.05. The Hall–Kier alpha value is -7.34. The third-order valence-electron chi connectivity index (χ3n) is 12.5. The lowest BCUT2D eigenvalue weighted by Crippen LogP contribution is -2.49. The molecule has 0 aromatic heterocycles. The minimum Gasteiger partial charge on any atom is -0.494 e. The summed E-state index contributed by atoms with van der Waals surface area (Å²) >= 11 is 0. The SMILES string of the molecule is CCCCCCOc1cc(C(=O)N[C@@H](CO)C(=O)NCc2ccc3ccc4cccc5ccc2c3c45)cc(C(=O)N[C@@H](CO)C(=O)NCc2ccc3ccc4cccc5ccc2c3c45)c1. The van der Waals surface area contributed by atoms with E-state index in [1.165, 1.54) is 18.2 Å². The summed E-state index contributed by atoms with van der Waals surface area (Å²) in [5, 5.41) is 44.8. The lowest BCUT2D eigenvalue weighted by molar-refractivity contribution is -0.124. The summed E-state index contributed by atoms with van der Waals surface area (Å²) in [7, 11) is 0. The number of aliphatic hydroxyl groups is 2. The number of carbonyl (C=O) groups is 4. The molecule has 9 aromatic rings. The van der Waals surface area contributed by atoms with E-state index < -0.39 is 48.9 Å². The molecule has 6 N–H and O–H groups in total.